The number of carbonyl (C=O) groups is 2. The van der Waals surface area contributed by atoms with Crippen LogP contribution in [0.1, 0.15) is 19.8 Å². The van der Waals surface area contributed by atoms with Crippen molar-refractivity contribution in [2.45, 2.75) is 25.8 Å². The first-order chi connectivity index (χ1) is 14.5. The fraction of sp³-hybridized carbons (Fsp3) is 0.227. The van der Waals surface area contributed by atoms with E-state index in [1.54, 1.807) is 47.4 Å². The van der Waals surface area contributed by atoms with E-state index in [1.165, 1.54) is 6.20 Å². The van der Waals surface area contributed by atoms with Gasteiger partial charge in [-0.15, -0.1) is 0 Å². The number of nitrogens with two attached hydrogens (primary N) is 1. The molecule has 0 unspecified atom stereocenters. The Morgan fingerprint density at radius 3 is 2.40 bits per heavy atom. The van der Waals surface area contributed by atoms with E-state index in [2.05, 4.69) is 15.6 Å². The molecule has 7 nitrogen and oxygen atoms in total. The van der Waals surface area contributed by atoms with E-state index in [0.29, 0.717) is 29.4 Å². The number of allylic oxidation sites excluding steroid dienone is 1. The summed E-state index contributed by atoms with van der Waals surface area (Å²) in [6, 6.07) is 13.2. The van der Waals surface area contributed by atoms with Gasteiger partial charge in [-0.2, -0.15) is 0 Å². The van der Waals surface area contributed by atoms with Crippen molar-refractivity contribution >= 4 is 46.3 Å². The van der Waals surface area contributed by atoms with Crippen LogP contribution >= 0.6 is 11.6 Å². The lowest BCUT2D eigenvalue weighted by Gasteiger charge is -2.24. The van der Waals surface area contributed by atoms with Crippen molar-refractivity contribution in [3.8, 4) is 0 Å². The van der Waals surface area contributed by atoms with Gasteiger partial charge in [0.1, 0.15) is 6.04 Å². The maximum absolute atomic E-state index is 12.8. The van der Waals surface area contributed by atoms with Crippen LogP contribution in [-0.4, -0.2) is 35.1 Å². The number of likely N-dealkylation sites (tertiary alicyclic amines) is 1. The average Bonchev–Trinajstić information content (AvgIpc) is 3.22. The lowest BCUT2D eigenvalue weighted by Crippen LogP contribution is -2.45. The maximum atomic E-state index is 12.8. The van der Waals surface area contributed by atoms with Crippen LogP contribution in [0, 0.1) is 0 Å². The van der Waals surface area contributed by atoms with Gasteiger partial charge in [0.15, 0.2) is 0 Å². The molecule has 156 valence electrons. The number of amides is 3. The molecule has 0 spiro atoms. The van der Waals surface area contributed by atoms with E-state index in [9.17, 15) is 9.59 Å². The molecule has 0 bridgehead atoms. The van der Waals surface area contributed by atoms with Gasteiger partial charge in [0, 0.05) is 28.7 Å². The zero-order valence-electron chi connectivity index (χ0n) is 16.6. The molecule has 2 aromatic carbocycles. The molecule has 30 heavy (non-hydrogen) atoms. The summed E-state index contributed by atoms with van der Waals surface area (Å²) in [6.45, 7) is 2.38. The third-order valence-electron chi connectivity index (χ3n) is 4.69. The molecule has 3 amide bonds. The normalized spacial score (nSPS) is 16.7. The van der Waals surface area contributed by atoms with Crippen molar-refractivity contribution in [1.82, 2.24) is 4.90 Å². The molecular formula is C22H24ClN5O2. The van der Waals surface area contributed by atoms with Crippen molar-refractivity contribution in [2.24, 2.45) is 10.7 Å². The Morgan fingerprint density at radius 1 is 1.10 bits per heavy atom. The van der Waals surface area contributed by atoms with Crippen LogP contribution in [0.2, 0.25) is 5.02 Å². The number of carbonyl (C=O) groups excluding carboxylic acids is 2. The zero-order chi connectivity index (χ0) is 21.5. The number of aliphatic imine (C=N–C) groups is 1. The zero-order valence-corrected chi connectivity index (χ0v) is 17.4. The van der Waals surface area contributed by atoms with Crippen LogP contribution in [0.4, 0.5) is 21.9 Å². The molecule has 1 aliphatic heterocycles. The average molecular weight is 426 g/mol. The number of halogens is 1. The highest BCUT2D eigenvalue weighted by Crippen LogP contribution is 2.22. The van der Waals surface area contributed by atoms with Crippen LogP contribution in [0.25, 0.3) is 0 Å². The van der Waals surface area contributed by atoms with E-state index in [1.807, 2.05) is 19.1 Å². The predicted octanol–water partition coefficient (Wildman–Crippen LogP) is 4.54. The van der Waals surface area contributed by atoms with Crippen LogP contribution in [0.5, 0.6) is 0 Å². The fourth-order valence-electron chi connectivity index (χ4n) is 3.24. The number of hydrogen-bond donors (Lipinski definition) is 3. The molecule has 1 fully saturated rings. The quantitative estimate of drug-likeness (QED) is 0.613. The number of urea groups is 1. The summed E-state index contributed by atoms with van der Waals surface area (Å²) in [7, 11) is 0. The molecule has 1 atom stereocenters. The van der Waals surface area contributed by atoms with Gasteiger partial charge in [0.25, 0.3) is 0 Å². The van der Waals surface area contributed by atoms with Gasteiger partial charge in [0.2, 0.25) is 5.91 Å². The van der Waals surface area contributed by atoms with Crippen molar-refractivity contribution < 1.29 is 9.59 Å². The fourth-order valence-corrected chi connectivity index (χ4v) is 3.36. The van der Waals surface area contributed by atoms with Crippen LogP contribution in [0.3, 0.4) is 0 Å². The van der Waals surface area contributed by atoms with Gasteiger partial charge in [0.05, 0.1) is 5.69 Å². The smallest absolute Gasteiger partial charge is 0.322 e. The van der Waals surface area contributed by atoms with E-state index in [-0.39, 0.29) is 11.9 Å². The molecule has 0 aliphatic carbocycles. The topological polar surface area (TPSA) is 99.8 Å². The summed E-state index contributed by atoms with van der Waals surface area (Å²) < 4.78 is 0. The Kier molecular flexibility index (Phi) is 7.08. The first-order valence-corrected chi connectivity index (χ1v) is 10.0. The van der Waals surface area contributed by atoms with Gasteiger partial charge in [-0.05, 0) is 80.6 Å². The molecule has 3 rings (SSSR count). The number of nitrogens with one attached hydrogen (secondary N) is 2. The Labute approximate surface area is 180 Å². The Balaban J connectivity index is 1.62. The second-order valence-corrected chi connectivity index (χ2v) is 7.37. The summed E-state index contributed by atoms with van der Waals surface area (Å²) in [4.78, 5) is 31.4. The summed E-state index contributed by atoms with van der Waals surface area (Å²) in [6.07, 6.45) is 4.53. The Bertz CT molecular complexity index is 954. The van der Waals surface area contributed by atoms with Gasteiger partial charge in [-0.1, -0.05) is 11.6 Å². The minimum atomic E-state index is -0.521. The lowest BCUT2D eigenvalue weighted by molar-refractivity contribution is -0.119. The first-order valence-electron chi connectivity index (χ1n) is 9.64. The molecule has 8 heteroatoms. The summed E-state index contributed by atoms with van der Waals surface area (Å²) in [5.41, 5.74) is 8.17. The number of benzene rings is 2. The molecule has 2 aromatic rings. The van der Waals surface area contributed by atoms with Crippen LogP contribution < -0.4 is 16.4 Å². The SMILES string of the molecule is CC(C=CN)=Nc1ccc(NC(=O)[C@H]2CCCN2C(=O)Nc2ccc(Cl)cc2)cc1. The third kappa shape index (κ3) is 5.61. The maximum Gasteiger partial charge on any atom is 0.322 e. The summed E-state index contributed by atoms with van der Waals surface area (Å²) in [5.74, 6) is -0.211. The molecule has 1 saturated heterocycles. The number of nitrogens with zero attached hydrogens (tertiary/aromatic N) is 2. The summed E-state index contributed by atoms with van der Waals surface area (Å²) >= 11 is 5.87. The van der Waals surface area contributed by atoms with E-state index < -0.39 is 6.04 Å². The largest absolute Gasteiger partial charge is 0.405 e. The van der Waals surface area contributed by atoms with Gasteiger partial charge < -0.3 is 21.3 Å². The Hall–Kier alpha value is -3.32. The standard InChI is InChI=1S/C22H24ClN5O2/c1-15(12-13-24)25-17-8-10-18(11-9-17)26-21(29)20-3-2-14-28(20)22(30)27-19-6-4-16(23)5-7-19/h4-13,20H,2-3,14,24H2,1H3,(H,26,29)(H,27,30)/t20-/m1/s1. The second-order valence-electron chi connectivity index (χ2n) is 6.94. The van der Waals surface area contributed by atoms with Crippen molar-refractivity contribution in [3.63, 3.8) is 0 Å². The molecule has 1 heterocycles. The molecular weight excluding hydrogens is 402 g/mol. The molecule has 0 aromatic heterocycles. The molecule has 1 aliphatic rings. The van der Waals surface area contributed by atoms with Crippen molar-refractivity contribution in [1.29, 1.82) is 0 Å². The van der Waals surface area contributed by atoms with Gasteiger partial charge >= 0.3 is 6.03 Å². The number of anilines is 2. The van der Waals surface area contributed by atoms with Gasteiger partial charge in [-0.3, -0.25) is 9.79 Å². The van der Waals surface area contributed by atoms with Crippen LogP contribution in [0.15, 0.2) is 65.8 Å². The monoisotopic (exact) mass is 425 g/mol. The molecule has 4 N–H and O–H groups in total. The minimum absolute atomic E-state index is 0.211. The van der Waals surface area contributed by atoms with Crippen molar-refractivity contribution in [3.05, 3.63) is 65.8 Å². The van der Waals surface area contributed by atoms with E-state index >= 15 is 0 Å². The van der Waals surface area contributed by atoms with E-state index in [4.69, 9.17) is 17.3 Å². The Morgan fingerprint density at radius 2 is 1.73 bits per heavy atom. The molecule has 0 radical (unpaired) electrons. The first kappa shape index (κ1) is 21.4. The highest BCUT2D eigenvalue weighted by atomic mass is 35.5. The second kappa shape index (κ2) is 9.93. The predicted molar refractivity (Wildman–Crippen MR) is 121 cm³/mol. The lowest BCUT2D eigenvalue weighted by atomic mass is 10.2. The highest BCUT2D eigenvalue weighted by molar-refractivity contribution is 6.30. The minimum Gasteiger partial charge on any atom is -0.405 e. The number of rotatable bonds is 5. The van der Waals surface area contributed by atoms with Crippen molar-refractivity contribution in [2.75, 3.05) is 17.2 Å². The van der Waals surface area contributed by atoms with Gasteiger partial charge in [-0.25, -0.2) is 4.79 Å². The third-order valence-corrected chi connectivity index (χ3v) is 4.94. The highest BCUT2D eigenvalue weighted by Gasteiger charge is 2.34. The molecule has 0 saturated carbocycles. The van der Waals surface area contributed by atoms with E-state index in [0.717, 1.165) is 17.8 Å². The van der Waals surface area contributed by atoms with Crippen LogP contribution in [-0.2, 0) is 4.79 Å². The summed E-state index contributed by atoms with van der Waals surface area (Å²) in [5, 5.41) is 6.29. The number of hydrogen-bond acceptors (Lipinski definition) is 4.